The summed E-state index contributed by atoms with van der Waals surface area (Å²) in [5.74, 6) is 0.313. The van der Waals surface area contributed by atoms with Crippen LogP contribution in [0.1, 0.15) is 34.9 Å². The quantitative estimate of drug-likeness (QED) is 0.483. The molecular weight excluding hydrogens is 392 g/mol. The van der Waals surface area contributed by atoms with Gasteiger partial charge in [0.1, 0.15) is 11.9 Å². The first-order valence-electron chi connectivity index (χ1n) is 10.1. The zero-order valence-corrected chi connectivity index (χ0v) is 17.4. The fourth-order valence-electron chi connectivity index (χ4n) is 3.54. The third-order valence-electron chi connectivity index (χ3n) is 5.27. The molecule has 2 amide bonds. The highest BCUT2D eigenvalue weighted by molar-refractivity contribution is 5.95. The summed E-state index contributed by atoms with van der Waals surface area (Å²) in [5.41, 5.74) is 2.92. The average Bonchev–Trinajstić information content (AvgIpc) is 3.43. The lowest BCUT2D eigenvalue weighted by Crippen LogP contribution is -2.46. The van der Waals surface area contributed by atoms with Crippen molar-refractivity contribution in [3.8, 4) is 0 Å². The maximum absolute atomic E-state index is 12.9. The molecule has 4 aromatic rings. The van der Waals surface area contributed by atoms with Gasteiger partial charge in [0, 0.05) is 13.5 Å². The smallest absolute Gasteiger partial charge is 0.287 e. The number of benzene rings is 2. The van der Waals surface area contributed by atoms with Crippen molar-refractivity contribution in [1.82, 2.24) is 20.2 Å². The Morgan fingerprint density at radius 3 is 2.45 bits per heavy atom. The molecule has 0 saturated heterocycles. The molecule has 2 unspecified atom stereocenters. The lowest BCUT2D eigenvalue weighted by Gasteiger charge is -2.22. The number of rotatable bonds is 7. The minimum absolute atomic E-state index is 0.166. The van der Waals surface area contributed by atoms with E-state index in [1.807, 2.05) is 66.2 Å². The standard InChI is InChI=1S/C24H24N4O3/c1-16(25-24(30)21-13-8-14-31-21)23(29)27-19(17-9-4-3-5-10-17)15-22-26-18-11-6-7-12-20(18)28(22)2/h3-14,16,19H,15H2,1-2H3,(H,25,30)(H,27,29). The number of imidazole rings is 1. The first-order valence-corrected chi connectivity index (χ1v) is 10.1. The Kier molecular flexibility index (Phi) is 5.84. The Morgan fingerprint density at radius 1 is 1.00 bits per heavy atom. The zero-order valence-electron chi connectivity index (χ0n) is 17.4. The summed E-state index contributed by atoms with van der Waals surface area (Å²) in [6, 6.07) is 19.8. The number of hydrogen-bond acceptors (Lipinski definition) is 4. The number of carbonyl (C=O) groups excluding carboxylic acids is 2. The van der Waals surface area contributed by atoms with Crippen LogP contribution in [0, 0.1) is 0 Å². The Morgan fingerprint density at radius 2 is 1.74 bits per heavy atom. The monoisotopic (exact) mass is 416 g/mol. The molecule has 0 fully saturated rings. The van der Waals surface area contributed by atoms with Gasteiger partial charge in [-0.2, -0.15) is 0 Å². The molecule has 0 bridgehead atoms. The minimum atomic E-state index is -0.732. The summed E-state index contributed by atoms with van der Waals surface area (Å²) in [4.78, 5) is 29.9. The second kappa shape index (κ2) is 8.87. The number of para-hydroxylation sites is 2. The highest BCUT2D eigenvalue weighted by atomic mass is 16.3. The van der Waals surface area contributed by atoms with E-state index >= 15 is 0 Å². The van der Waals surface area contributed by atoms with Crippen molar-refractivity contribution in [2.75, 3.05) is 0 Å². The summed E-state index contributed by atoms with van der Waals surface area (Å²) in [5, 5.41) is 5.74. The van der Waals surface area contributed by atoms with Crippen molar-refractivity contribution in [3.05, 3.63) is 90.1 Å². The zero-order chi connectivity index (χ0) is 21.8. The maximum Gasteiger partial charge on any atom is 0.287 e. The van der Waals surface area contributed by atoms with Gasteiger partial charge in [-0.15, -0.1) is 0 Å². The van der Waals surface area contributed by atoms with Gasteiger partial charge >= 0.3 is 0 Å². The molecule has 158 valence electrons. The van der Waals surface area contributed by atoms with Crippen molar-refractivity contribution in [1.29, 1.82) is 0 Å². The van der Waals surface area contributed by atoms with E-state index in [1.165, 1.54) is 6.26 Å². The molecule has 0 aliphatic heterocycles. The van der Waals surface area contributed by atoms with Gasteiger partial charge in [-0.3, -0.25) is 9.59 Å². The van der Waals surface area contributed by atoms with Crippen molar-refractivity contribution >= 4 is 22.8 Å². The first-order chi connectivity index (χ1) is 15.0. The normalized spacial score (nSPS) is 13.0. The molecule has 7 heteroatoms. The number of nitrogens with zero attached hydrogens (tertiary/aromatic N) is 2. The van der Waals surface area contributed by atoms with E-state index in [9.17, 15) is 9.59 Å². The van der Waals surface area contributed by atoms with Gasteiger partial charge in [0.25, 0.3) is 5.91 Å². The van der Waals surface area contributed by atoms with E-state index in [0.717, 1.165) is 22.4 Å². The highest BCUT2D eigenvalue weighted by Gasteiger charge is 2.23. The average molecular weight is 416 g/mol. The van der Waals surface area contributed by atoms with Gasteiger partial charge < -0.3 is 19.6 Å². The number of amides is 2. The lowest BCUT2D eigenvalue weighted by molar-refractivity contribution is -0.123. The van der Waals surface area contributed by atoms with Crippen LogP contribution in [0.15, 0.2) is 77.4 Å². The van der Waals surface area contributed by atoms with Crippen LogP contribution in [0.2, 0.25) is 0 Å². The van der Waals surface area contributed by atoms with Gasteiger partial charge in [-0.05, 0) is 36.8 Å². The van der Waals surface area contributed by atoms with E-state index in [0.29, 0.717) is 6.42 Å². The molecular formula is C24H24N4O3. The number of aryl methyl sites for hydroxylation is 1. The van der Waals surface area contributed by atoms with Crippen LogP contribution in [-0.4, -0.2) is 27.4 Å². The van der Waals surface area contributed by atoms with E-state index in [-0.39, 0.29) is 17.7 Å². The summed E-state index contributed by atoms with van der Waals surface area (Å²) in [6.45, 7) is 1.65. The van der Waals surface area contributed by atoms with Crippen molar-refractivity contribution in [3.63, 3.8) is 0 Å². The molecule has 2 aromatic carbocycles. The first kappa shape index (κ1) is 20.4. The third kappa shape index (κ3) is 4.50. The van der Waals surface area contributed by atoms with E-state index in [2.05, 4.69) is 10.6 Å². The fourth-order valence-corrected chi connectivity index (χ4v) is 3.54. The molecule has 2 heterocycles. The predicted molar refractivity (Wildman–Crippen MR) is 117 cm³/mol. The second-order valence-electron chi connectivity index (χ2n) is 7.42. The van der Waals surface area contributed by atoms with Crippen molar-refractivity contribution in [2.24, 2.45) is 7.05 Å². The molecule has 31 heavy (non-hydrogen) atoms. The van der Waals surface area contributed by atoms with Crippen molar-refractivity contribution in [2.45, 2.75) is 25.4 Å². The van der Waals surface area contributed by atoms with Gasteiger partial charge in [0.2, 0.25) is 5.91 Å². The SMILES string of the molecule is CC(NC(=O)c1ccco1)C(=O)NC(Cc1nc2ccccc2n1C)c1ccccc1. The summed E-state index contributed by atoms with van der Waals surface area (Å²) in [7, 11) is 1.97. The number of nitrogens with one attached hydrogen (secondary N) is 2. The number of hydrogen-bond donors (Lipinski definition) is 2. The molecule has 0 radical (unpaired) electrons. The van der Waals surface area contributed by atoms with Crippen molar-refractivity contribution < 1.29 is 14.0 Å². The van der Waals surface area contributed by atoms with Gasteiger partial charge in [0.05, 0.1) is 23.3 Å². The fraction of sp³-hybridized carbons (Fsp3) is 0.208. The van der Waals surface area contributed by atoms with E-state index in [4.69, 9.17) is 9.40 Å². The molecule has 4 rings (SSSR count). The molecule has 0 aliphatic rings. The highest BCUT2D eigenvalue weighted by Crippen LogP contribution is 2.21. The van der Waals surface area contributed by atoms with E-state index in [1.54, 1.807) is 19.1 Å². The van der Waals surface area contributed by atoms with Gasteiger partial charge in [-0.25, -0.2) is 4.98 Å². The van der Waals surface area contributed by atoms with E-state index < -0.39 is 11.9 Å². The maximum atomic E-state index is 12.9. The van der Waals surface area contributed by atoms with Crippen LogP contribution in [0.25, 0.3) is 11.0 Å². The largest absolute Gasteiger partial charge is 0.459 e. The summed E-state index contributed by atoms with van der Waals surface area (Å²) < 4.78 is 7.13. The molecule has 0 saturated carbocycles. The predicted octanol–water partition coefficient (Wildman–Crippen LogP) is 3.38. The topological polar surface area (TPSA) is 89.2 Å². The van der Waals surface area contributed by atoms with Crippen LogP contribution in [0.4, 0.5) is 0 Å². The second-order valence-corrected chi connectivity index (χ2v) is 7.42. The van der Waals surface area contributed by atoms with Crippen LogP contribution in [-0.2, 0) is 18.3 Å². The third-order valence-corrected chi connectivity index (χ3v) is 5.27. The Bertz CT molecular complexity index is 1180. The van der Waals surface area contributed by atoms with Crippen LogP contribution in [0.5, 0.6) is 0 Å². The lowest BCUT2D eigenvalue weighted by atomic mass is 10.0. The number of aromatic nitrogens is 2. The Labute approximate surface area is 180 Å². The molecule has 0 aliphatic carbocycles. The van der Waals surface area contributed by atoms with Gasteiger partial charge in [0.15, 0.2) is 5.76 Å². The molecule has 2 aromatic heterocycles. The summed E-state index contributed by atoms with van der Waals surface area (Å²) >= 11 is 0. The Balaban J connectivity index is 1.53. The van der Waals surface area contributed by atoms with Gasteiger partial charge in [-0.1, -0.05) is 42.5 Å². The minimum Gasteiger partial charge on any atom is -0.459 e. The molecule has 2 atom stereocenters. The number of furan rings is 1. The van der Waals surface area contributed by atoms with Crippen LogP contribution < -0.4 is 10.6 Å². The molecule has 0 spiro atoms. The molecule has 7 nitrogen and oxygen atoms in total. The molecule has 2 N–H and O–H groups in total. The van der Waals surface area contributed by atoms with Crippen LogP contribution >= 0.6 is 0 Å². The number of carbonyl (C=O) groups is 2. The number of fused-ring (bicyclic) bond motifs is 1. The Hall–Kier alpha value is -3.87. The summed E-state index contributed by atoms with van der Waals surface area (Å²) in [6.07, 6.45) is 1.93. The van der Waals surface area contributed by atoms with Crippen LogP contribution in [0.3, 0.4) is 0 Å².